The maximum Gasteiger partial charge on any atom is 0.357 e. The van der Waals surface area contributed by atoms with E-state index in [1.807, 2.05) is 0 Å². The van der Waals surface area contributed by atoms with Crippen LogP contribution in [0.15, 0.2) is 42.5 Å². The topological polar surface area (TPSA) is 79.7 Å². The van der Waals surface area contributed by atoms with Gasteiger partial charge in [-0.1, -0.05) is 18.2 Å². The number of esters is 2. The summed E-state index contributed by atoms with van der Waals surface area (Å²) in [5, 5.41) is 4.32. The molecule has 1 heterocycles. The quantitative estimate of drug-likeness (QED) is 0.569. The second-order valence-electron chi connectivity index (χ2n) is 6.00. The molecule has 0 radical (unpaired) electrons. The number of methoxy groups -OCH3 is 2. The molecule has 3 rings (SSSR count). The summed E-state index contributed by atoms with van der Waals surface area (Å²) in [6.45, 7) is 1.70. The average molecular weight is 416 g/mol. The van der Waals surface area contributed by atoms with Crippen LogP contribution in [-0.4, -0.2) is 42.5 Å². The number of hydrogen-bond donors (Lipinski definition) is 0. The molecule has 0 amide bonds. The molecule has 0 bridgehead atoms. The van der Waals surface area contributed by atoms with Crippen molar-refractivity contribution in [3.05, 3.63) is 65.4 Å². The van der Waals surface area contributed by atoms with Gasteiger partial charge in [-0.3, -0.25) is 0 Å². The lowest BCUT2D eigenvalue weighted by molar-refractivity contribution is 0.0549. The highest BCUT2D eigenvalue weighted by Crippen LogP contribution is 2.37. The van der Waals surface area contributed by atoms with Gasteiger partial charge < -0.3 is 14.2 Å². The lowest BCUT2D eigenvalue weighted by atomic mass is 10.0. The number of rotatable bonds is 6. The number of halogens is 2. The minimum absolute atomic E-state index is 0.0758. The van der Waals surface area contributed by atoms with Gasteiger partial charge in [-0.05, 0) is 25.1 Å². The van der Waals surface area contributed by atoms with E-state index < -0.39 is 23.6 Å². The molecule has 0 fully saturated rings. The molecule has 0 unspecified atom stereocenters. The second-order valence-corrected chi connectivity index (χ2v) is 6.00. The lowest BCUT2D eigenvalue weighted by Gasteiger charge is -2.11. The van der Waals surface area contributed by atoms with E-state index in [4.69, 9.17) is 14.2 Å². The zero-order valence-corrected chi connectivity index (χ0v) is 16.4. The first-order chi connectivity index (χ1) is 14.4. The van der Waals surface area contributed by atoms with Crippen LogP contribution in [0.2, 0.25) is 0 Å². The summed E-state index contributed by atoms with van der Waals surface area (Å²) in [5.41, 5.74) is -0.469. The van der Waals surface area contributed by atoms with Crippen molar-refractivity contribution in [1.29, 1.82) is 0 Å². The third-order valence-corrected chi connectivity index (χ3v) is 4.21. The molecule has 9 heteroatoms. The minimum Gasteiger partial charge on any atom is -0.490 e. The Balaban J connectivity index is 2.43. The van der Waals surface area contributed by atoms with Gasteiger partial charge in [0.25, 0.3) is 0 Å². The molecule has 1 aromatic heterocycles. The molecule has 0 atom stereocenters. The molecule has 3 aromatic rings. The summed E-state index contributed by atoms with van der Waals surface area (Å²) in [6, 6.07) is 10.1. The van der Waals surface area contributed by atoms with Gasteiger partial charge >= 0.3 is 11.9 Å². The van der Waals surface area contributed by atoms with E-state index in [-0.39, 0.29) is 34.9 Å². The van der Waals surface area contributed by atoms with Crippen LogP contribution in [-0.2, 0) is 9.47 Å². The Morgan fingerprint density at radius 3 is 2.30 bits per heavy atom. The molecular formula is C21H18F2N2O5. The van der Waals surface area contributed by atoms with Gasteiger partial charge in [0, 0.05) is 6.07 Å². The van der Waals surface area contributed by atoms with Crippen LogP contribution in [0, 0.1) is 11.6 Å². The van der Waals surface area contributed by atoms with Crippen LogP contribution in [0.4, 0.5) is 8.78 Å². The van der Waals surface area contributed by atoms with Gasteiger partial charge in [0.05, 0.1) is 32.1 Å². The van der Waals surface area contributed by atoms with E-state index in [0.29, 0.717) is 11.8 Å². The zero-order chi connectivity index (χ0) is 21.8. The number of ether oxygens (including phenoxy) is 3. The fraction of sp³-hybridized carbons (Fsp3) is 0.190. The summed E-state index contributed by atoms with van der Waals surface area (Å²) in [6.07, 6.45) is 0. The second kappa shape index (κ2) is 8.73. The van der Waals surface area contributed by atoms with E-state index in [2.05, 4.69) is 5.10 Å². The van der Waals surface area contributed by atoms with Gasteiger partial charge in [-0.2, -0.15) is 5.10 Å². The van der Waals surface area contributed by atoms with Gasteiger partial charge in [0.15, 0.2) is 17.3 Å². The van der Waals surface area contributed by atoms with Crippen molar-refractivity contribution in [2.45, 2.75) is 6.92 Å². The van der Waals surface area contributed by atoms with Crippen molar-refractivity contribution in [3.8, 4) is 22.7 Å². The fourth-order valence-corrected chi connectivity index (χ4v) is 2.97. The number of para-hydroxylation sites is 1. The van der Waals surface area contributed by atoms with Gasteiger partial charge in [0.2, 0.25) is 0 Å². The van der Waals surface area contributed by atoms with E-state index in [1.54, 1.807) is 37.3 Å². The van der Waals surface area contributed by atoms with Crippen molar-refractivity contribution < 1.29 is 32.6 Å². The van der Waals surface area contributed by atoms with Crippen molar-refractivity contribution in [2.75, 3.05) is 20.8 Å². The molecule has 0 N–H and O–H groups in total. The smallest absolute Gasteiger partial charge is 0.357 e. The number of carbonyl (C=O) groups is 2. The molecule has 0 aliphatic carbocycles. The van der Waals surface area contributed by atoms with Crippen LogP contribution < -0.4 is 4.74 Å². The Bertz CT molecular complexity index is 1100. The van der Waals surface area contributed by atoms with Crippen LogP contribution >= 0.6 is 0 Å². The Morgan fingerprint density at radius 2 is 1.70 bits per heavy atom. The number of hydrogen-bond acceptors (Lipinski definition) is 6. The monoisotopic (exact) mass is 416 g/mol. The highest BCUT2D eigenvalue weighted by Gasteiger charge is 2.33. The zero-order valence-electron chi connectivity index (χ0n) is 16.4. The molecule has 0 aliphatic rings. The van der Waals surface area contributed by atoms with E-state index >= 15 is 0 Å². The Morgan fingerprint density at radius 1 is 1.03 bits per heavy atom. The van der Waals surface area contributed by atoms with Crippen LogP contribution in [0.3, 0.4) is 0 Å². The van der Waals surface area contributed by atoms with Crippen LogP contribution in [0.25, 0.3) is 16.9 Å². The summed E-state index contributed by atoms with van der Waals surface area (Å²) in [4.78, 5) is 25.2. The van der Waals surface area contributed by atoms with Crippen molar-refractivity contribution >= 4 is 11.9 Å². The summed E-state index contributed by atoms with van der Waals surface area (Å²) in [7, 11) is 2.25. The van der Waals surface area contributed by atoms with Gasteiger partial charge in [-0.25, -0.2) is 23.1 Å². The lowest BCUT2D eigenvalue weighted by Crippen LogP contribution is -2.15. The van der Waals surface area contributed by atoms with E-state index in [0.717, 1.165) is 25.0 Å². The number of carbonyl (C=O) groups excluding carboxylic acids is 2. The van der Waals surface area contributed by atoms with Crippen molar-refractivity contribution in [1.82, 2.24) is 9.78 Å². The van der Waals surface area contributed by atoms with Gasteiger partial charge in [-0.15, -0.1) is 0 Å². The summed E-state index contributed by atoms with van der Waals surface area (Å²) >= 11 is 0. The SMILES string of the molecule is CCOc1c(F)cc(F)cc1-c1nn(-c2ccccc2)c(C(=O)OC)c1C(=O)OC. The number of aromatic nitrogens is 2. The highest BCUT2D eigenvalue weighted by atomic mass is 19.1. The normalized spacial score (nSPS) is 10.6. The first-order valence-electron chi connectivity index (χ1n) is 8.90. The maximum absolute atomic E-state index is 14.4. The Labute approximate surface area is 170 Å². The van der Waals surface area contributed by atoms with Crippen molar-refractivity contribution in [2.24, 2.45) is 0 Å². The van der Waals surface area contributed by atoms with Crippen molar-refractivity contribution in [3.63, 3.8) is 0 Å². The molecular weight excluding hydrogens is 398 g/mol. The first kappa shape index (κ1) is 21.0. The van der Waals surface area contributed by atoms with E-state index in [1.165, 1.54) is 0 Å². The predicted molar refractivity (Wildman–Crippen MR) is 103 cm³/mol. The molecule has 156 valence electrons. The van der Waals surface area contributed by atoms with Crippen LogP contribution in [0.5, 0.6) is 5.75 Å². The Hall–Kier alpha value is -3.75. The summed E-state index contributed by atoms with van der Waals surface area (Å²) in [5.74, 6) is -4.00. The van der Waals surface area contributed by atoms with Crippen LogP contribution in [0.1, 0.15) is 27.8 Å². The molecule has 0 saturated carbocycles. The number of benzene rings is 2. The largest absolute Gasteiger partial charge is 0.490 e. The molecule has 30 heavy (non-hydrogen) atoms. The number of nitrogens with zero attached hydrogens (tertiary/aromatic N) is 2. The molecule has 2 aromatic carbocycles. The third kappa shape index (κ3) is 3.73. The molecule has 7 nitrogen and oxygen atoms in total. The predicted octanol–water partition coefficient (Wildman–Crippen LogP) is 3.79. The molecule has 0 aliphatic heterocycles. The first-order valence-corrected chi connectivity index (χ1v) is 8.90. The third-order valence-electron chi connectivity index (χ3n) is 4.21. The minimum atomic E-state index is -0.975. The van der Waals surface area contributed by atoms with Gasteiger partial charge in [0.1, 0.15) is 17.1 Å². The molecule has 0 saturated heterocycles. The van der Waals surface area contributed by atoms with E-state index in [9.17, 15) is 18.4 Å². The maximum atomic E-state index is 14.4. The fourth-order valence-electron chi connectivity index (χ4n) is 2.97. The molecule has 0 spiro atoms. The standard InChI is InChI=1S/C21H18F2N2O5/c1-4-30-19-14(10-12(22)11-15(19)23)17-16(20(26)28-2)18(21(27)29-3)25(24-17)13-8-6-5-7-9-13/h5-11H,4H2,1-3H3. The average Bonchev–Trinajstić information content (AvgIpc) is 3.15. The summed E-state index contributed by atoms with van der Waals surface area (Å²) < 4.78 is 44.6. The highest BCUT2D eigenvalue weighted by molar-refractivity contribution is 6.07. The Kier molecular flexibility index (Phi) is 6.10.